The number of carbonyl (C=O) groups is 1. The van der Waals surface area contributed by atoms with Gasteiger partial charge in [-0.2, -0.15) is 5.10 Å². The van der Waals surface area contributed by atoms with Crippen LogP contribution in [0.1, 0.15) is 30.5 Å². The lowest BCUT2D eigenvalue weighted by atomic mass is 10.1. The summed E-state index contributed by atoms with van der Waals surface area (Å²) in [5.74, 6) is 1.03. The van der Waals surface area contributed by atoms with Crippen LogP contribution in [0.5, 0.6) is 0 Å². The van der Waals surface area contributed by atoms with Gasteiger partial charge in [0.15, 0.2) is 0 Å². The van der Waals surface area contributed by atoms with Gasteiger partial charge in [0.1, 0.15) is 5.82 Å². The van der Waals surface area contributed by atoms with E-state index in [1.165, 1.54) is 19.3 Å². The molecule has 0 saturated carbocycles. The predicted molar refractivity (Wildman–Crippen MR) is 88.0 cm³/mol. The number of nitrogens with zero attached hydrogens (tertiary/aromatic N) is 3. The molecule has 122 valence electrons. The zero-order chi connectivity index (χ0) is 15.9. The summed E-state index contributed by atoms with van der Waals surface area (Å²) >= 11 is 0. The first kappa shape index (κ1) is 15.3. The van der Waals surface area contributed by atoms with Gasteiger partial charge in [0.2, 0.25) is 0 Å². The van der Waals surface area contributed by atoms with Crippen LogP contribution in [0.15, 0.2) is 30.6 Å². The Morgan fingerprint density at radius 1 is 1.13 bits per heavy atom. The highest BCUT2D eigenvalue weighted by molar-refractivity contribution is 5.73. The molecular formula is C16H22N6O. The van der Waals surface area contributed by atoms with Crippen molar-refractivity contribution in [3.05, 3.63) is 41.9 Å². The number of carbonyl (C=O) groups excluding carboxylic acids is 1. The highest BCUT2D eigenvalue weighted by Gasteiger charge is 2.11. The van der Waals surface area contributed by atoms with E-state index in [9.17, 15) is 4.79 Å². The molecule has 0 aliphatic carbocycles. The number of rotatable bonds is 5. The Kier molecular flexibility index (Phi) is 5.08. The van der Waals surface area contributed by atoms with Gasteiger partial charge < -0.3 is 15.5 Å². The van der Waals surface area contributed by atoms with Crippen LogP contribution in [0, 0.1) is 0 Å². The molecule has 1 aliphatic heterocycles. The summed E-state index contributed by atoms with van der Waals surface area (Å²) in [7, 11) is 0. The van der Waals surface area contributed by atoms with Crippen LogP contribution in [0.4, 0.5) is 10.6 Å². The Morgan fingerprint density at radius 2 is 1.96 bits per heavy atom. The Bertz CT molecular complexity index is 604. The number of aromatic nitrogens is 3. The number of urea groups is 1. The van der Waals surface area contributed by atoms with Crippen molar-refractivity contribution in [3.63, 3.8) is 0 Å². The summed E-state index contributed by atoms with van der Waals surface area (Å²) in [6.07, 6.45) is 7.28. The van der Waals surface area contributed by atoms with E-state index in [2.05, 4.69) is 30.7 Å². The molecule has 0 bridgehead atoms. The zero-order valence-electron chi connectivity index (χ0n) is 13.1. The number of pyridine rings is 1. The summed E-state index contributed by atoms with van der Waals surface area (Å²) in [5, 5.41) is 12.2. The van der Waals surface area contributed by atoms with Crippen LogP contribution >= 0.6 is 0 Å². The fraction of sp³-hybridized carbons (Fsp3) is 0.438. The van der Waals surface area contributed by atoms with Crippen LogP contribution in [-0.2, 0) is 13.1 Å². The molecule has 2 amide bonds. The average Bonchev–Trinajstić information content (AvgIpc) is 3.13. The average molecular weight is 314 g/mol. The quantitative estimate of drug-likeness (QED) is 0.785. The van der Waals surface area contributed by atoms with E-state index in [1.54, 1.807) is 6.20 Å². The fourth-order valence-electron chi connectivity index (χ4n) is 2.63. The number of aromatic amines is 1. The molecule has 3 heterocycles. The topological polar surface area (TPSA) is 85.9 Å². The number of piperidine rings is 1. The van der Waals surface area contributed by atoms with E-state index in [1.807, 2.05) is 24.4 Å². The number of H-pyrrole nitrogens is 1. The third kappa shape index (κ3) is 4.45. The number of anilines is 1. The molecular weight excluding hydrogens is 292 g/mol. The highest BCUT2D eigenvalue weighted by Crippen LogP contribution is 2.17. The molecule has 23 heavy (non-hydrogen) atoms. The second-order valence-corrected chi connectivity index (χ2v) is 5.69. The summed E-state index contributed by atoms with van der Waals surface area (Å²) < 4.78 is 0. The van der Waals surface area contributed by atoms with Crippen LogP contribution in [0.3, 0.4) is 0 Å². The monoisotopic (exact) mass is 314 g/mol. The van der Waals surface area contributed by atoms with Gasteiger partial charge in [-0.1, -0.05) is 6.07 Å². The maximum absolute atomic E-state index is 11.7. The van der Waals surface area contributed by atoms with E-state index >= 15 is 0 Å². The van der Waals surface area contributed by atoms with Gasteiger partial charge in [0, 0.05) is 32.0 Å². The molecule has 7 nitrogen and oxygen atoms in total. The standard InChI is InChI=1S/C16H22N6O/c23-16(19-12-14-6-7-20-21-14)18-11-13-4-5-15(17-10-13)22-8-2-1-3-9-22/h4-7,10H,1-3,8-9,11-12H2,(H,20,21)(H2,18,19,23). The van der Waals surface area contributed by atoms with Crippen molar-refractivity contribution >= 4 is 11.8 Å². The first-order valence-electron chi connectivity index (χ1n) is 8.01. The number of hydrogen-bond acceptors (Lipinski definition) is 4. The Morgan fingerprint density at radius 3 is 2.65 bits per heavy atom. The Balaban J connectivity index is 1.43. The molecule has 1 fully saturated rings. The van der Waals surface area contributed by atoms with E-state index in [-0.39, 0.29) is 6.03 Å². The maximum atomic E-state index is 11.7. The number of amides is 2. The highest BCUT2D eigenvalue weighted by atomic mass is 16.2. The fourth-order valence-corrected chi connectivity index (χ4v) is 2.63. The van der Waals surface area contributed by atoms with Gasteiger partial charge in [0.05, 0.1) is 12.2 Å². The molecule has 1 aliphatic rings. The summed E-state index contributed by atoms with van der Waals surface area (Å²) in [5.41, 5.74) is 1.86. The van der Waals surface area contributed by atoms with Crippen molar-refractivity contribution in [3.8, 4) is 0 Å². The van der Waals surface area contributed by atoms with Gasteiger partial charge in [-0.15, -0.1) is 0 Å². The van der Waals surface area contributed by atoms with Crippen molar-refractivity contribution in [1.29, 1.82) is 0 Å². The second-order valence-electron chi connectivity index (χ2n) is 5.69. The third-order valence-electron chi connectivity index (χ3n) is 3.94. The van der Waals surface area contributed by atoms with Crippen molar-refractivity contribution in [2.24, 2.45) is 0 Å². The SMILES string of the molecule is O=C(NCc1ccc(N2CCCCC2)nc1)NCc1ccn[nH]1. The van der Waals surface area contributed by atoms with Crippen molar-refractivity contribution in [2.75, 3.05) is 18.0 Å². The van der Waals surface area contributed by atoms with Crippen molar-refractivity contribution < 1.29 is 4.79 Å². The molecule has 0 spiro atoms. The van der Waals surface area contributed by atoms with Gasteiger partial charge in [-0.25, -0.2) is 9.78 Å². The summed E-state index contributed by atoms with van der Waals surface area (Å²) in [4.78, 5) is 18.6. The van der Waals surface area contributed by atoms with E-state index in [4.69, 9.17) is 0 Å². The van der Waals surface area contributed by atoms with E-state index in [0.717, 1.165) is 30.2 Å². The Hall–Kier alpha value is -2.57. The lowest BCUT2D eigenvalue weighted by molar-refractivity contribution is 0.240. The molecule has 0 radical (unpaired) electrons. The molecule has 0 unspecified atom stereocenters. The largest absolute Gasteiger partial charge is 0.357 e. The lowest BCUT2D eigenvalue weighted by Crippen LogP contribution is -2.34. The minimum absolute atomic E-state index is 0.209. The molecule has 2 aromatic rings. The second kappa shape index (κ2) is 7.62. The van der Waals surface area contributed by atoms with Crippen LogP contribution in [-0.4, -0.2) is 34.3 Å². The lowest BCUT2D eigenvalue weighted by Gasteiger charge is -2.27. The first-order valence-corrected chi connectivity index (χ1v) is 8.01. The van der Waals surface area contributed by atoms with Crippen molar-refractivity contribution in [1.82, 2.24) is 25.8 Å². The van der Waals surface area contributed by atoms with Gasteiger partial charge in [-0.05, 0) is 37.0 Å². The smallest absolute Gasteiger partial charge is 0.315 e. The minimum Gasteiger partial charge on any atom is -0.357 e. The minimum atomic E-state index is -0.209. The predicted octanol–water partition coefficient (Wildman–Crippen LogP) is 1.79. The van der Waals surface area contributed by atoms with E-state index < -0.39 is 0 Å². The number of hydrogen-bond donors (Lipinski definition) is 3. The normalized spacial score (nSPS) is 14.5. The number of nitrogens with one attached hydrogen (secondary N) is 3. The first-order chi connectivity index (χ1) is 11.3. The molecule has 1 saturated heterocycles. The Labute approximate surface area is 135 Å². The third-order valence-corrected chi connectivity index (χ3v) is 3.94. The van der Waals surface area contributed by atoms with Gasteiger partial charge >= 0.3 is 6.03 Å². The van der Waals surface area contributed by atoms with Crippen LogP contribution in [0.25, 0.3) is 0 Å². The molecule has 0 aromatic carbocycles. The van der Waals surface area contributed by atoms with Crippen molar-refractivity contribution in [2.45, 2.75) is 32.4 Å². The van der Waals surface area contributed by atoms with Gasteiger partial charge in [0.25, 0.3) is 0 Å². The van der Waals surface area contributed by atoms with Crippen LogP contribution < -0.4 is 15.5 Å². The maximum Gasteiger partial charge on any atom is 0.315 e. The molecule has 3 N–H and O–H groups in total. The molecule has 2 aromatic heterocycles. The zero-order valence-corrected chi connectivity index (χ0v) is 13.1. The van der Waals surface area contributed by atoms with E-state index in [0.29, 0.717) is 13.1 Å². The summed E-state index contributed by atoms with van der Waals surface area (Å²) in [6, 6.07) is 5.67. The molecule has 7 heteroatoms. The molecule has 0 atom stereocenters. The summed E-state index contributed by atoms with van der Waals surface area (Å²) in [6.45, 7) is 3.06. The molecule has 3 rings (SSSR count). The van der Waals surface area contributed by atoms with Crippen LogP contribution in [0.2, 0.25) is 0 Å². The van der Waals surface area contributed by atoms with Gasteiger partial charge in [-0.3, -0.25) is 5.10 Å².